The topological polar surface area (TPSA) is 34.4 Å². The maximum Gasteiger partial charge on any atom is 0.120 e. The van der Waals surface area contributed by atoms with Crippen molar-refractivity contribution < 1.29 is 9.15 Å². The van der Waals surface area contributed by atoms with Crippen LogP contribution in [0.1, 0.15) is 45.9 Å². The highest BCUT2D eigenvalue weighted by Gasteiger charge is 2.09. The molecule has 1 atom stereocenters. The molecule has 0 saturated carbocycles. The van der Waals surface area contributed by atoms with Gasteiger partial charge in [-0.2, -0.15) is 0 Å². The summed E-state index contributed by atoms with van der Waals surface area (Å²) in [4.78, 5) is 0. The fraction of sp³-hybridized carbons (Fsp3) is 0.714. The van der Waals surface area contributed by atoms with Crippen LogP contribution in [0, 0.1) is 5.41 Å². The Kier molecular flexibility index (Phi) is 5.72. The van der Waals surface area contributed by atoms with E-state index in [0.717, 1.165) is 31.9 Å². The molecule has 0 aliphatic heterocycles. The number of hydrogen-bond donors (Lipinski definition) is 1. The standard InChI is InChI=1S/C14H25NO2/c1-12(13-6-5-9-17-13)15-8-11-16-10-7-14(2,3)4/h5-6,9,12,15H,7-8,10-11H2,1-4H3. The van der Waals surface area contributed by atoms with E-state index in [1.54, 1.807) is 6.26 Å². The summed E-state index contributed by atoms with van der Waals surface area (Å²) in [6.45, 7) is 11.2. The minimum absolute atomic E-state index is 0.246. The Bertz CT molecular complexity index is 288. The van der Waals surface area contributed by atoms with Gasteiger partial charge in [0.1, 0.15) is 5.76 Å². The lowest BCUT2D eigenvalue weighted by Gasteiger charge is -2.18. The van der Waals surface area contributed by atoms with Gasteiger partial charge in [-0.15, -0.1) is 0 Å². The number of ether oxygens (including phenoxy) is 1. The molecule has 3 nitrogen and oxygen atoms in total. The van der Waals surface area contributed by atoms with Crippen LogP contribution in [0.5, 0.6) is 0 Å². The largest absolute Gasteiger partial charge is 0.468 e. The van der Waals surface area contributed by atoms with Gasteiger partial charge in [-0.1, -0.05) is 20.8 Å². The maximum absolute atomic E-state index is 5.58. The van der Waals surface area contributed by atoms with E-state index in [1.807, 2.05) is 12.1 Å². The first-order valence-electron chi connectivity index (χ1n) is 6.33. The smallest absolute Gasteiger partial charge is 0.120 e. The quantitative estimate of drug-likeness (QED) is 0.741. The number of hydrogen-bond acceptors (Lipinski definition) is 3. The van der Waals surface area contributed by atoms with Crippen LogP contribution >= 0.6 is 0 Å². The van der Waals surface area contributed by atoms with Crippen LogP contribution in [0.15, 0.2) is 22.8 Å². The zero-order valence-corrected chi connectivity index (χ0v) is 11.5. The molecule has 0 bridgehead atoms. The van der Waals surface area contributed by atoms with Crippen LogP contribution in [0.2, 0.25) is 0 Å². The molecule has 17 heavy (non-hydrogen) atoms. The SMILES string of the molecule is CC(NCCOCCC(C)(C)C)c1ccco1. The van der Waals surface area contributed by atoms with Crippen LogP contribution in [0.3, 0.4) is 0 Å². The first kappa shape index (κ1) is 14.3. The summed E-state index contributed by atoms with van der Waals surface area (Å²) in [6, 6.07) is 4.14. The van der Waals surface area contributed by atoms with Crippen molar-refractivity contribution in [3.05, 3.63) is 24.2 Å². The van der Waals surface area contributed by atoms with Crippen molar-refractivity contribution in [1.29, 1.82) is 0 Å². The van der Waals surface area contributed by atoms with Crippen LogP contribution in [-0.2, 0) is 4.74 Å². The van der Waals surface area contributed by atoms with Crippen molar-refractivity contribution in [2.24, 2.45) is 5.41 Å². The Labute approximate surface area is 105 Å². The van der Waals surface area contributed by atoms with E-state index in [9.17, 15) is 0 Å². The fourth-order valence-corrected chi connectivity index (χ4v) is 1.47. The van der Waals surface area contributed by atoms with Gasteiger partial charge in [-0.05, 0) is 30.9 Å². The van der Waals surface area contributed by atoms with E-state index in [2.05, 4.69) is 33.0 Å². The van der Waals surface area contributed by atoms with E-state index in [1.165, 1.54) is 0 Å². The van der Waals surface area contributed by atoms with Crippen LogP contribution in [0.4, 0.5) is 0 Å². The second-order valence-electron chi connectivity index (χ2n) is 5.61. The molecule has 1 N–H and O–H groups in total. The van der Waals surface area contributed by atoms with Crippen LogP contribution in [0.25, 0.3) is 0 Å². The lowest BCUT2D eigenvalue weighted by atomic mass is 9.93. The highest BCUT2D eigenvalue weighted by atomic mass is 16.5. The van der Waals surface area contributed by atoms with Crippen molar-refractivity contribution in [3.8, 4) is 0 Å². The van der Waals surface area contributed by atoms with E-state index in [0.29, 0.717) is 5.41 Å². The van der Waals surface area contributed by atoms with Crippen molar-refractivity contribution in [3.63, 3.8) is 0 Å². The summed E-state index contributed by atoms with van der Waals surface area (Å²) in [5.41, 5.74) is 0.356. The summed E-state index contributed by atoms with van der Waals surface area (Å²) in [6.07, 6.45) is 2.80. The van der Waals surface area contributed by atoms with Crippen molar-refractivity contribution in [2.45, 2.75) is 40.2 Å². The normalized spacial score (nSPS) is 13.9. The molecule has 0 spiro atoms. The minimum atomic E-state index is 0.246. The van der Waals surface area contributed by atoms with Crippen molar-refractivity contribution in [2.75, 3.05) is 19.8 Å². The van der Waals surface area contributed by atoms with Gasteiger partial charge in [0.15, 0.2) is 0 Å². The zero-order chi connectivity index (χ0) is 12.7. The van der Waals surface area contributed by atoms with E-state index in [4.69, 9.17) is 9.15 Å². The van der Waals surface area contributed by atoms with Gasteiger partial charge < -0.3 is 14.5 Å². The Hall–Kier alpha value is -0.800. The average Bonchev–Trinajstić information content (AvgIpc) is 2.74. The number of rotatable bonds is 7. The van der Waals surface area contributed by atoms with E-state index < -0.39 is 0 Å². The number of furan rings is 1. The summed E-state index contributed by atoms with van der Waals surface area (Å²) in [5.74, 6) is 0.972. The lowest BCUT2D eigenvalue weighted by Crippen LogP contribution is -2.23. The molecule has 0 fully saturated rings. The summed E-state index contributed by atoms with van der Waals surface area (Å²) >= 11 is 0. The molecule has 1 heterocycles. The van der Waals surface area contributed by atoms with E-state index in [-0.39, 0.29) is 6.04 Å². The molecule has 0 amide bonds. The molecule has 1 unspecified atom stereocenters. The molecule has 0 aliphatic rings. The third-order valence-corrected chi connectivity index (χ3v) is 2.66. The molecule has 0 aliphatic carbocycles. The Balaban J connectivity index is 2.01. The maximum atomic E-state index is 5.58. The van der Waals surface area contributed by atoms with Crippen molar-refractivity contribution >= 4 is 0 Å². The predicted octanol–water partition coefficient (Wildman–Crippen LogP) is 3.38. The molecule has 3 heteroatoms. The molecule has 0 saturated heterocycles. The third-order valence-electron chi connectivity index (χ3n) is 2.66. The molecular weight excluding hydrogens is 214 g/mol. The van der Waals surface area contributed by atoms with Gasteiger partial charge in [0.25, 0.3) is 0 Å². The summed E-state index contributed by atoms with van der Waals surface area (Å²) in [5, 5.41) is 3.36. The highest BCUT2D eigenvalue weighted by Crippen LogP contribution is 2.17. The van der Waals surface area contributed by atoms with Gasteiger partial charge in [0.2, 0.25) is 0 Å². The third kappa shape index (κ3) is 6.49. The monoisotopic (exact) mass is 239 g/mol. The molecular formula is C14H25NO2. The molecule has 1 rings (SSSR count). The Morgan fingerprint density at radius 2 is 2.12 bits per heavy atom. The second-order valence-corrected chi connectivity index (χ2v) is 5.61. The molecule has 0 radical (unpaired) electrons. The summed E-state index contributed by atoms with van der Waals surface area (Å²) in [7, 11) is 0. The zero-order valence-electron chi connectivity index (χ0n) is 11.5. The Morgan fingerprint density at radius 3 is 2.71 bits per heavy atom. The first-order chi connectivity index (χ1) is 7.99. The average molecular weight is 239 g/mol. The van der Waals surface area contributed by atoms with Gasteiger partial charge >= 0.3 is 0 Å². The molecule has 1 aromatic heterocycles. The van der Waals surface area contributed by atoms with Crippen molar-refractivity contribution in [1.82, 2.24) is 5.32 Å². The van der Waals surface area contributed by atoms with Gasteiger partial charge in [-0.25, -0.2) is 0 Å². The van der Waals surface area contributed by atoms with Gasteiger partial charge in [0, 0.05) is 13.2 Å². The molecule has 0 aromatic carbocycles. The predicted molar refractivity (Wildman–Crippen MR) is 70.0 cm³/mol. The minimum Gasteiger partial charge on any atom is -0.468 e. The number of nitrogens with one attached hydrogen (secondary N) is 1. The highest BCUT2D eigenvalue weighted by molar-refractivity contribution is 5.02. The van der Waals surface area contributed by atoms with E-state index >= 15 is 0 Å². The van der Waals surface area contributed by atoms with Crippen LogP contribution in [-0.4, -0.2) is 19.8 Å². The summed E-state index contributed by atoms with van der Waals surface area (Å²) < 4.78 is 10.9. The fourth-order valence-electron chi connectivity index (χ4n) is 1.47. The first-order valence-corrected chi connectivity index (χ1v) is 6.33. The van der Waals surface area contributed by atoms with Gasteiger partial charge in [-0.3, -0.25) is 0 Å². The Morgan fingerprint density at radius 1 is 1.35 bits per heavy atom. The molecule has 1 aromatic rings. The molecule has 98 valence electrons. The van der Waals surface area contributed by atoms with Crippen LogP contribution < -0.4 is 5.32 Å². The second kappa shape index (κ2) is 6.82. The van der Waals surface area contributed by atoms with Gasteiger partial charge in [0.05, 0.1) is 18.9 Å². The lowest BCUT2D eigenvalue weighted by molar-refractivity contribution is 0.108.